The van der Waals surface area contributed by atoms with E-state index in [0.29, 0.717) is 5.88 Å². The maximum Gasteiger partial charge on any atom is 0.235 e. The molecule has 9 heterocycles. The summed E-state index contributed by atoms with van der Waals surface area (Å²) in [5.74, 6) is 0.599. The van der Waals surface area contributed by atoms with Crippen molar-refractivity contribution in [2.45, 2.75) is 0 Å². The molecule has 0 atom stereocenters. The molecular formula is C92H61Ag2N9O2PSSi-4. The van der Waals surface area contributed by atoms with Crippen LogP contribution in [-0.2, 0) is 58.9 Å². The van der Waals surface area contributed by atoms with Gasteiger partial charge in [-0.25, -0.2) is 16.3 Å². The minimum absolute atomic E-state index is 0. The number of fused-ring (bicyclic) bond motifs is 16. The molecule has 11 nitrogen and oxygen atoms in total. The molecule has 108 heavy (non-hydrogen) atoms. The Kier molecular flexibility index (Phi) is 16.9. The Morgan fingerprint density at radius 1 is 0.509 bits per heavy atom. The second-order valence-electron chi connectivity index (χ2n) is 26.9. The van der Waals surface area contributed by atoms with E-state index in [2.05, 4.69) is 361 Å². The fourth-order valence-electron chi connectivity index (χ4n) is 16.2. The maximum absolute atomic E-state index is 6.94. The van der Waals surface area contributed by atoms with Crippen LogP contribution in [0.4, 0.5) is 51.4 Å². The normalized spacial score (nSPS) is 12.4. The van der Waals surface area contributed by atoms with Crippen LogP contribution in [0.1, 0.15) is 0 Å². The van der Waals surface area contributed by atoms with Crippen LogP contribution in [0.15, 0.2) is 313 Å². The maximum atomic E-state index is 6.94. The van der Waals surface area contributed by atoms with Crippen molar-refractivity contribution >= 4 is 188 Å². The van der Waals surface area contributed by atoms with E-state index in [1.807, 2.05) is 25.5 Å². The van der Waals surface area contributed by atoms with Gasteiger partial charge in [-0.3, -0.25) is 4.34 Å². The third-order valence-electron chi connectivity index (χ3n) is 20.9. The number of para-hydroxylation sites is 6. The van der Waals surface area contributed by atoms with Crippen molar-refractivity contribution in [3.8, 4) is 27.3 Å². The topological polar surface area (TPSA) is 80.8 Å². The molecule has 16 heteroatoms. The summed E-state index contributed by atoms with van der Waals surface area (Å²) in [6.45, 7) is 0. The van der Waals surface area contributed by atoms with Crippen LogP contribution in [0.2, 0.25) is 0 Å². The summed E-state index contributed by atoms with van der Waals surface area (Å²) in [6.07, 6.45) is 5.64. The zero-order chi connectivity index (χ0) is 70.3. The van der Waals surface area contributed by atoms with Crippen molar-refractivity contribution in [3.63, 3.8) is 0 Å². The number of anilines is 9. The summed E-state index contributed by atoms with van der Waals surface area (Å²) in [6, 6.07) is 121. The number of imidazole rings is 1. The molecule has 22 rings (SSSR count). The summed E-state index contributed by atoms with van der Waals surface area (Å²) < 4.78 is 25.6. The second kappa shape index (κ2) is 27.1. The number of aromatic nitrogens is 5. The van der Waals surface area contributed by atoms with Gasteiger partial charge in [0.1, 0.15) is 30.2 Å². The third kappa shape index (κ3) is 10.7. The van der Waals surface area contributed by atoms with Crippen LogP contribution < -0.4 is 50.2 Å². The standard InChI is InChI=1S/C46H34N7OSi.C46H26N2OPS.2Ag/c1-49-28-34(44-46(49)50(2)29-47-44)30-22-24-39-41(26-30)52(40-21-13-12-20-38(40)51(39)3)43-27-33-42(54-43)25-23-36-45(33)53(37-19-11-10-18-35(37)48-36)55(31-14-6-4-7-15-31)32-16-8-5-9-17-32;1-3-12-31(13-4-1)50(32-14-5-2-6-15-32)48-41-20-10-8-17-35(41)38-24-25-44-39(46(38)48)29-45(51-44)47-40-19-9-7-16-34(40)36-23-22-30(28-42(36)47)33-18-11-21-43-37(33)26-27-49-43;;/h4-25,28-29,48H,1-3H3;1-25,27H;;/q-2;-3;;/p+1. The van der Waals surface area contributed by atoms with Gasteiger partial charge in [-0.15, -0.1) is 93.5 Å². The number of nitrogens with zero attached hydrogens (tertiary/aromatic N) is 8. The van der Waals surface area contributed by atoms with E-state index < -0.39 is 17.0 Å². The summed E-state index contributed by atoms with van der Waals surface area (Å²) in [7, 11) is 3.15. The monoisotopic (exact) mass is 1630 g/mol. The Balaban J connectivity index is 0.000000145. The van der Waals surface area contributed by atoms with Gasteiger partial charge in [0, 0.05) is 105 Å². The van der Waals surface area contributed by atoms with E-state index in [4.69, 9.17) is 13.8 Å². The smallest absolute Gasteiger partial charge is 0.235 e. The van der Waals surface area contributed by atoms with Gasteiger partial charge in [0.15, 0.2) is 0 Å². The van der Waals surface area contributed by atoms with Gasteiger partial charge in [0.25, 0.3) is 0 Å². The van der Waals surface area contributed by atoms with Crippen LogP contribution in [0.5, 0.6) is 0 Å². The zero-order valence-corrected chi connectivity index (χ0v) is 64.1. The Hall–Kier alpha value is -11.4. The molecule has 0 saturated heterocycles. The van der Waals surface area contributed by atoms with Gasteiger partial charge >= 0.3 is 0 Å². The van der Waals surface area contributed by atoms with Gasteiger partial charge in [0.05, 0.1) is 34.4 Å². The average molecular weight is 1630 g/mol. The fraction of sp³-hybridized carbons (Fsp3) is 0.0326. The van der Waals surface area contributed by atoms with E-state index in [0.717, 1.165) is 122 Å². The molecule has 2 aliphatic heterocycles. The van der Waals surface area contributed by atoms with Crippen molar-refractivity contribution in [1.29, 1.82) is 0 Å². The van der Waals surface area contributed by atoms with E-state index in [-0.39, 0.29) is 44.8 Å². The molecule has 20 aromatic rings. The molecule has 0 aliphatic carbocycles. The first kappa shape index (κ1) is 67.2. The van der Waals surface area contributed by atoms with E-state index in [9.17, 15) is 0 Å². The quantitative estimate of drug-likeness (QED) is 0.0632. The predicted molar refractivity (Wildman–Crippen MR) is 440 cm³/mol. The first-order chi connectivity index (χ1) is 52.3. The third-order valence-corrected chi connectivity index (χ3v) is 27.2. The molecule has 13 aromatic carbocycles. The Labute approximate surface area is 660 Å². The summed E-state index contributed by atoms with van der Waals surface area (Å²) in [5.41, 5.74) is 20.5. The number of hydrogen-bond donors (Lipinski definition) is 1. The minimum Gasteiger partial charge on any atom is -0.535 e. The molecule has 0 bridgehead atoms. The molecule has 527 valence electrons. The van der Waals surface area contributed by atoms with Gasteiger partial charge in [-0.2, -0.15) is 0 Å². The molecule has 0 saturated carbocycles. The Morgan fingerprint density at radius 2 is 1.15 bits per heavy atom. The largest absolute Gasteiger partial charge is 0.535 e. The van der Waals surface area contributed by atoms with E-state index in [1.165, 1.54) is 58.3 Å². The molecule has 3 radical (unpaired) electrons. The summed E-state index contributed by atoms with van der Waals surface area (Å²) in [5, 5.41) is 18.0. The number of hydrogen-bond acceptors (Lipinski definition) is 7. The molecule has 2 aliphatic rings. The zero-order valence-electron chi connectivity index (χ0n) is 58.3. The SMILES string of the molecule is CN1c2ccc(-c3cn(C)c4c3[n-]c[n+]4C)[c-]c2N(c2[c-]c3c4c(ccc3o2)Nc2ccccc2N4[Si](c2ccccc2)c2ccccc2)c2ccccc21.[Ag].[Ag].[c-]1coc2cccc(-c3[c-]c4c(cc3)c3ccccc3n4-c3[c-]c4c(ccc5c6ccccc6n([PH+](c6ccccc6)c6ccccc6)c45)s3)c12. The Morgan fingerprint density at radius 3 is 1.90 bits per heavy atom. The van der Waals surface area contributed by atoms with Crippen molar-refractivity contribution < 1.29 is 58.2 Å². The van der Waals surface area contributed by atoms with Gasteiger partial charge in [-0.1, -0.05) is 210 Å². The van der Waals surface area contributed by atoms with Gasteiger partial charge < -0.3 is 42.2 Å². The molecule has 0 fully saturated rings. The van der Waals surface area contributed by atoms with Crippen molar-refractivity contribution in [1.82, 2.24) is 18.5 Å². The van der Waals surface area contributed by atoms with Gasteiger partial charge in [0.2, 0.25) is 8.96 Å². The second-order valence-corrected chi connectivity index (χ2v) is 32.6. The number of furan rings is 2. The van der Waals surface area contributed by atoms with Crippen molar-refractivity contribution in [2.75, 3.05) is 26.7 Å². The number of nitrogens with one attached hydrogen (secondary N) is 1. The van der Waals surface area contributed by atoms with E-state index >= 15 is 0 Å². The molecule has 0 amide bonds. The van der Waals surface area contributed by atoms with Crippen LogP contribution in [0.25, 0.3) is 114 Å². The van der Waals surface area contributed by atoms with Crippen molar-refractivity contribution in [3.05, 3.63) is 334 Å². The predicted octanol–water partition coefficient (Wildman–Crippen LogP) is 20.1. The van der Waals surface area contributed by atoms with Crippen LogP contribution >= 0.6 is 19.4 Å². The first-order valence-electron chi connectivity index (χ1n) is 35.3. The molecule has 7 aromatic heterocycles. The Bertz CT molecular complexity index is 6790. The molecule has 1 N–H and O–H groups in total. The number of benzene rings is 13. The fourth-order valence-corrected chi connectivity index (χ4v) is 22.7. The van der Waals surface area contributed by atoms with Crippen LogP contribution in [0.3, 0.4) is 0 Å². The molecule has 0 unspecified atom stereocenters. The van der Waals surface area contributed by atoms with Crippen LogP contribution in [0, 0.1) is 30.3 Å². The number of rotatable bonds is 10. The number of aryl methyl sites for hydroxylation is 2. The van der Waals surface area contributed by atoms with Crippen LogP contribution in [-0.4, -0.2) is 29.5 Å². The first-order valence-corrected chi connectivity index (χ1v) is 39.1. The minimum atomic E-state index is -1.59. The summed E-state index contributed by atoms with van der Waals surface area (Å²) >= 11 is 1.79. The summed E-state index contributed by atoms with van der Waals surface area (Å²) in [4.78, 5) is 9.17. The number of thiophene rings is 1. The molecular weight excluding hydrogens is 1570 g/mol. The van der Waals surface area contributed by atoms with Crippen molar-refractivity contribution in [2.24, 2.45) is 14.1 Å². The van der Waals surface area contributed by atoms with Gasteiger partial charge in [-0.05, 0) is 121 Å². The van der Waals surface area contributed by atoms with E-state index in [1.54, 1.807) is 17.6 Å². The molecule has 0 spiro atoms. The average Bonchev–Trinajstić information content (AvgIpc) is 1.52.